The fraction of sp³-hybridized carbons (Fsp3) is 0.222. The van der Waals surface area contributed by atoms with Crippen molar-refractivity contribution in [3.63, 3.8) is 0 Å². The average Bonchev–Trinajstić information content (AvgIpc) is 2.18. The van der Waals surface area contributed by atoms with E-state index in [4.69, 9.17) is 16.9 Å². The monoisotopic (exact) mass is 229 g/mol. The van der Waals surface area contributed by atoms with Gasteiger partial charge in [-0.15, -0.1) is 11.6 Å². The summed E-state index contributed by atoms with van der Waals surface area (Å²) in [6.07, 6.45) is 0. The first kappa shape index (κ1) is 11.0. The summed E-state index contributed by atoms with van der Waals surface area (Å²) >= 11 is 5.46. The molecule has 1 aromatic rings. The Balaban J connectivity index is 2.94. The van der Waals surface area contributed by atoms with Gasteiger partial charge in [0.25, 0.3) is 0 Å². The van der Waals surface area contributed by atoms with Crippen LogP contribution in [0.3, 0.4) is 0 Å². The smallest absolute Gasteiger partial charge is 0.180 e. The minimum atomic E-state index is -3.43. The Morgan fingerprint density at radius 3 is 2.43 bits per heavy atom. The second-order valence-electron chi connectivity index (χ2n) is 2.69. The van der Waals surface area contributed by atoms with Crippen LogP contribution in [0.4, 0.5) is 0 Å². The van der Waals surface area contributed by atoms with Crippen LogP contribution in [0.25, 0.3) is 0 Å². The third kappa shape index (κ3) is 2.72. The van der Waals surface area contributed by atoms with Crippen molar-refractivity contribution in [3.05, 3.63) is 30.3 Å². The average molecular weight is 230 g/mol. The van der Waals surface area contributed by atoms with Gasteiger partial charge in [0, 0.05) is 0 Å². The van der Waals surface area contributed by atoms with Crippen molar-refractivity contribution in [2.75, 3.05) is 5.75 Å². The molecule has 0 aliphatic heterocycles. The van der Waals surface area contributed by atoms with Crippen molar-refractivity contribution in [2.24, 2.45) is 0 Å². The summed E-state index contributed by atoms with van der Waals surface area (Å²) in [6.45, 7) is 0. The molecule has 14 heavy (non-hydrogen) atoms. The first-order chi connectivity index (χ1) is 6.56. The summed E-state index contributed by atoms with van der Waals surface area (Å²) in [5, 5.41) is 7.40. The lowest BCUT2D eigenvalue weighted by Gasteiger charge is -2.03. The van der Waals surface area contributed by atoms with Crippen molar-refractivity contribution >= 4 is 21.4 Å². The van der Waals surface area contributed by atoms with Crippen LogP contribution in [0.1, 0.15) is 0 Å². The Hall–Kier alpha value is -1.05. The quantitative estimate of drug-likeness (QED) is 0.740. The summed E-state index contributed by atoms with van der Waals surface area (Å²) in [5.41, 5.74) is 0. The number of sulfone groups is 1. The van der Waals surface area contributed by atoms with Gasteiger partial charge in [0.1, 0.15) is 5.38 Å². The van der Waals surface area contributed by atoms with Gasteiger partial charge in [0.15, 0.2) is 9.84 Å². The summed E-state index contributed by atoms with van der Waals surface area (Å²) in [7, 11) is -3.43. The normalized spacial score (nSPS) is 13.1. The molecule has 1 atom stereocenters. The highest BCUT2D eigenvalue weighted by Crippen LogP contribution is 2.12. The van der Waals surface area contributed by atoms with E-state index in [9.17, 15) is 8.42 Å². The molecule has 5 heteroatoms. The van der Waals surface area contributed by atoms with Gasteiger partial charge in [-0.1, -0.05) is 18.2 Å². The molecule has 1 aromatic carbocycles. The third-order valence-electron chi connectivity index (χ3n) is 1.61. The van der Waals surface area contributed by atoms with Gasteiger partial charge in [-0.3, -0.25) is 0 Å². The number of nitriles is 1. The fourth-order valence-corrected chi connectivity index (χ4v) is 2.68. The lowest BCUT2D eigenvalue weighted by molar-refractivity contribution is 0.596. The minimum absolute atomic E-state index is 0.195. The lowest BCUT2D eigenvalue weighted by atomic mass is 10.4. The van der Waals surface area contributed by atoms with Gasteiger partial charge in [-0.05, 0) is 12.1 Å². The Labute approximate surface area is 87.8 Å². The molecule has 1 rings (SSSR count). The molecule has 0 aliphatic rings. The Morgan fingerprint density at radius 1 is 1.36 bits per heavy atom. The molecule has 0 unspecified atom stereocenters. The number of benzene rings is 1. The molecule has 0 amide bonds. The number of rotatable bonds is 3. The molecule has 0 fully saturated rings. The Kier molecular flexibility index (Phi) is 3.50. The van der Waals surface area contributed by atoms with E-state index in [-0.39, 0.29) is 10.6 Å². The van der Waals surface area contributed by atoms with Crippen molar-refractivity contribution in [2.45, 2.75) is 10.3 Å². The number of nitrogens with zero attached hydrogens (tertiary/aromatic N) is 1. The highest BCUT2D eigenvalue weighted by Gasteiger charge is 2.18. The van der Waals surface area contributed by atoms with Gasteiger partial charge in [-0.2, -0.15) is 5.26 Å². The lowest BCUT2D eigenvalue weighted by Crippen LogP contribution is -2.14. The molecule has 3 nitrogen and oxygen atoms in total. The molecule has 0 radical (unpaired) electrons. The number of halogens is 1. The zero-order valence-electron chi connectivity index (χ0n) is 7.22. The SMILES string of the molecule is N#C[C@@H](Cl)CS(=O)(=O)c1ccccc1. The summed E-state index contributed by atoms with van der Waals surface area (Å²) in [5.74, 6) is -0.352. The van der Waals surface area contributed by atoms with Crippen LogP contribution in [0, 0.1) is 11.3 Å². The number of hydrogen-bond donors (Lipinski definition) is 0. The van der Waals surface area contributed by atoms with E-state index in [0.717, 1.165) is 0 Å². The van der Waals surface area contributed by atoms with Gasteiger partial charge >= 0.3 is 0 Å². The van der Waals surface area contributed by atoms with E-state index < -0.39 is 15.2 Å². The van der Waals surface area contributed by atoms with Crippen LogP contribution in [-0.4, -0.2) is 19.5 Å². The largest absolute Gasteiger partial charge is 0.224 e. The molecule has 0 bridgehead atoms. The molecular weight excluding hydrogens is 222 g/mol. The van der Waals surface area contributed by atoms with Crippen LogP contribution in [0.2, 0.25) is 0 Å². The van der Waals surface area contributed by atoms with Crippen molar-refractivity contribution in [1.29, 1.82) is 5.26 Å². The van der Waals surface area contributed by atoms with Gasteiger partial charge in [-0.25, -0.2) is 8.42 Å². The second-order valence-corrected chi connectivity index (χ2v) is 5.25. The molecular formula is C9H8ClNO2S. The van der Waals surface area contributed by atoms with E-state index >= 15 is 0 Å². The molecule has 0 saturated carbocycles. The van der Waals surface area contributed by atoms with Gasteiger partial charge in [0.05, 0.1) is 16.7 Å². The van der Waals surface area contributed by atoms with Crippen LogP contribution < -0.4 is 0 Å². The summed E-state index contributed by atoms with van der Waals surface area (Å²) in [6, 6.07) is 9.62. The Bertz CT molecular complexity index is 436. The van der Waals surface area contributed by atoms with E-state index in [1.165, 1.54) is 12.1 Å². The number of hydrogen-bond acceptors (Lipinski definition) is 3. The van der Waals surface area contributed by atoms with E-state index in [1.54, 1.807) is 24.3 Å². The standard InChI is InChI=1S/C9H8ClNO2S/c10-8(6-11)7-14(12,13)9-4-2-1-3-5-9/h1-5,8H,7H2/t8-/m1/s1. The van der Waals surface area contributed by atoms with Crippen LogP contribution in [0.5, 0.6) is 0 Å². The van der Waals surface area contributed by atoms with E-state index in [1.807, 2.05) is 0 Å². The first-order valence-electron chi connectivity index (χ1n) is 3.88. The van der Waals surface area contributed by atoms with Crippen LogP contribution >= 0.6 is 11.6 Å². The molecule has 74 valence electrons. The highest BCUT2D eigenvalue weighted by molar-refractivity contribution is 7.91. The van der Waals surface area contributed by atoms with E-state index in [2.05, 4.69) is 0 Å². The zero-order chi connectivity index (χ0) is 10.6. The molecule has 0 heterocycles. The maximum Gasteiger partial charge on any atom is 0.180 e. The predicted molar refractivity (Wildman–Crippen MR) is 53.7 cm³/mol. The molecule has 0 aromatic heterocycles. The van der Waals surface area contributed by atoms with Gasteiger partial charge < -0.3 is 0 Å². The molecule has 0 spiro atoms. The van der Waals surface area contributed by atoms with Crippen molar-refractivity contribution in [3.8, 4) is 6.07 Å². The second kappa shape index (κ2) is 4.45. The summed E-state index contributed by atoms with van der Waals surface area (Å²) in [4.78, 5) is 0.195. The first-order valence-corrected chi connectivity index (χ1v) is 5.96. The van der Waals surface area contributed by atoms with Crippen LogP contribution in [0.15, 0.2) is 35.2 Å². The topological polar surface area (TPSA) is 57.9 Å². The maximum atomic E-state index is 11.6. The minimum Gasteiger partial charge on any atom is -0.224 e. The predicted octanol–water partition coefficient (Wildman–Crippen LogP) is 1.59. The zero-order valence-corrected chi connectivity index (χ0v) is 8.79. The Morgan fingerprint density at radius 2 is 1.93 bits per heavy atom. The van der Waals surface area contributed by atoms with Crippen molar-refractivity contribution < 1.29 is 8.42 Å². The number of alkyl halides is 1. The highest BCUT2D eigenvalue weighted by atomic mass is 35.5. The maximum absolute atomic E-state index is 11.6. The van der Waals surface area contributed by atoms with E-state index in [0.29, 0.717) is 0 Å². The van der Waals surface area contributed by atoms with Gasteiger partial charge in [0.2, 0.25) is 0 Å². The molecule has 0 aliphatic carbocycles. The van der Waals surface area contributed by atoms with Crippen molar-refractivity contribution in [1.82, 2.24) is 0 Å². The summed E-state index contributed by atoms with van der Waals surface area (Å²) < 4.78 is 23.1. The fourth-order valence-electron chi connectivity index (χ4n) is 0.954. The molecule has 0 N–H and O–H groups in total. The third-order valence-corrected chi connectivity index (χ3v) is 3.81. The molecule has 0 saturated heterocycles. The van der Waals surface area contributed by atoms with Crippen LogP contribution in [-0.2, 0) is 9.84 Å².